The molecule has 1 aliphatic rings. The number of carboxylic acids is 1. The van der Waals surface area contributed by atoms with E-state index in [0.717, 1.165) is 11.1 Å². The van der Waals surface area contributed by atoms with Crippen molar-refractivity contribution in [3.63, 3.8) is 0 Å². The molecule has 0 spiro atoms. The molecule has 0 saturated carbocycles. The van der Waals surface area contributed by atoms with Crippen LogP contribution in [0.5, 0.6) is 5.75 Å². The zero-order valence-corrected chi connectivity index (χ0v) is 17.3. The van der Waals surface area contributed by atoms with E-state index in [-0.39, 0.29) is 19.5 Å². The monoisotopic (exact) mass is 444 g/mol. The molecule has 9 heteroatoms. The number of rotatable bonds is 8. The molecule has 3 rings (SSSR count). The molecule has 1 aliphatic heterocycles. The Bertz CT molecular complexity index is 992. The average molecular weight is 445 g/mol. The molecular weight excluding hydrogens is 424 g/mol. The third-order valence-electron chi connectivity index (χ3n) is 4.83. The van der Waals surface area contributed by atoms with E-state index < -0.39 is 36.0 Å². The number of Topliss-reactive ketones (excluding diaryl/α,β-unsaturated/α-hetero) is 1. The molecule has 2 aromatic carbocycles. The van der Waals surface area contributed by atoms with Gasteiger partial charge in [0.15, 0.2) is 11.7 Å². The van der Waals surface area contributed by atoms with E-state index >= 15 is 0 Å². The molecular formula is C22H21ClN2O6. The number of benzene rings is 2. The predicted molar refractivity (Wildman–Crippen MR) is 111 cm³/mol. The van der Waals surface area contributed by atoms with Crippen molar-refractivity contribution in [1.29, 1.82) is 0 Å². The minimum atomic E-state index is -1.51. The minimum Gasteiger partial charge on any atom is -0.489 e. The van der Waals surface area contributed by atoms with Gasteiger partial charge in [-0.25, -0.2) is 0 Å². The predicted octanol–water partition coefficient (Wildman–Crippen LogP) is 2.04. The average Bonchev–Trinajstić information content (AvgIpc) is 2.75. The standard InChI is InChI=1S/C22H21ClN2O6/c23-17-4-2-1-3-15(17)13-31-16-7-5-14(6-8-16)12-25-10-9-18(26)20(22(25)30)21(29)24-11-19(27)28/h1-8,20H,9-13H2,(H,24,29)(H,27,28). The SMILES string of the molecule is O=C(O)CNC(=O)C1C(=O)CCN(Cc2ccc(OCc3ccccc3Cl)cc2)C1=O. The number of carbonyl (C=O) groups is 4. The molecule has 31 heavy (non-hydrogen) atoms. The number of halogens is 1. The normalized spacial score (nSPS) is 16.2. The number of amides is 2. The van der Waals surface area contributed by atoms with Crippen LogP contribution < -0.4 is 10.1 Å². The lowest BCUT2D eigenvalue weighted by molar-refractivity contribution is -0.152. The third-order valence-corrected chi connectivity index (χ3v) is 5.20. The van der Waals surface area contributed by atoms with Gasteiger partial charge in [-0.1, -0.05) is 41.9 Å². The van der Waals surface area contributed by atoms with Crippen molar-refractivity contribution in [2.24, 2.45) is 5.92 Å². The maximum atomic E-state index is 12.6. The van der Waals surface area contributed by atoms with Crippen LogP contribution in [-0.2, 0) is 32.3 Å². The van der Waals surface area contributed by atoms with Crippen molar-refractivity contribution >= 4 is 35.2 Å². The summed E-state index contributed by atoms with van der Waals surface area (Å²) in [6, 6.07) is 14.5. The Labute approximate surface area is 183 Å². The summed E-state index contributed by atoms with van der Waals surface area (Å²) in [5.41, 5.74) is 1.67. The second kappa shape index (κ2) is 10.1. The number of piperidine rings is 1. The summed E-state index contributed by atoms with van der Waals surface area (Å²) in [5.74, 6) is -4.14. The molecule has 2 N–H and O–H groups in total. The van der Waals surface area contributed by atoms with Gasteiger partial charge in [-0.05, 0) is 23.8 Å². The van der Waals surface area contributed by atoms with Crippen LogP contribution in [-0.4, -0.2) is 46.7 Å². The van der Waals surface area contributed by atoms with Crippen LogP contribution in [0.3, 0.4) is 0 Å². The number of aliphatic carboxylic acids is 1. The Morgan fingerprint density at radius 3 is 2.52 bits per heavy atom. The fourth-order valence-corrected chi connectivity index (χ4v) is 3.38. The first kappa shape index (κ1) is 22.3. The van der Waals surface area contributed by atoms with Gasteiger partial charge in [0.05, 0.1) is 0 Å². The van der Waals surface area contributed by atoms with Gasteiger partial charge >= 0.3 is 5.97 Å². The maximum Gasteiger partial charge on any atom is 0.322 e. The lowest BCUT2D eigenvalue weighted by Gasteiger charge is -2.30. The molecule has 1 heterocycles. The van der Waals surface area contributed by atoms with Crippen LogP contribution in [0.2, 0.25) is 5.02 Å². The molecule has 2 aromatic rings. The van der Waals surface area contributed by atoms with E-state index in [9.17, 15) is 19.2 Å². The van der Waals surface area contributed by atoms with Crippen molar-refractivity contribution < 1.29 is 29.0 Å². The maximum absolute atomic E-state index is 12.6. The Kier molecular flexibility index (Phi) is 7.25. The highest BCUT2D eigenvalue weighted by atomic mass is 35.5. The molecule has 2 amide bonds. The van der Waals surface area contributed by atoms with Gasteiger partial charge in [0, 0.05) is 30.1 Å². The number of likely N-dealkylation sites (tertiary alicyclic amines) is 1. The van der Waals surface area contributed by atoms with E-state index in [0.29, 0.717) is 17.4 Å². The number of hydrogen-bond acceptors (Lipinski definition) is 5. The number of ketones is 1. The third kappa shape index (κ3) is 5.82. The van der Waals surface area contributed by atoms with E-state index in [1.807, 2.05) is 18.2 Å². The molecule has 162 valence electrons. The van der Waals surface area contributed by atoms with Gasteiger partial charge in [-0.15, -0.1) is 0 Å². The van der Waals surface area contributed by atoms with E-state index in [2.05, 4.69) is 5.32 Å². The Hall–Kier alpha value is -3.39. The lowest BCUT2D eigenvalue weighted by atomic mass is 9.94. The van der Waals surface area contributed by atoms with Crippen molar-refractivity contribution in [2.75, 3.05) is 13.1 Å². The van der Waals surface area contributed by atoms with E-state index in [1.54, 1.807) is 30.3 Å². The number of nitrogens with one attached hydrogen (secondary N) is 1. The molecule has 0 aromatic heterocycles. The van der Waals surface area contributed by atoms with Gasteiger partial charge in [0.1, 0.15) is 18.9 Å². The Morgan fingerprint density at radius 2 is 1.84 bits per heavy atom. The summed E-state index contributed by atoms with van der Waals surface area (Å²) in [7, 11) is 0. The first-order chi connectivity index (χ1) is 14.8. The summed E-state index contributed by atoms with van der Waals surface area (Å²) in [6.45, 7) is 0.0924. The minimum absolute atomic E-state index is 0.0376. The second-order valence-electron chi connectivity index (χ2n) is 7.04. The molecule has 1 saturated heterocycles. The lowest BCUT2D eigenvalue weighted by Crippen LogP contribution is -2.52. The summed E-state index contributed by atoms with van der Waals surface area (Å²) < 4.78 is 5.74. The van der Waals surface area contributed by atoms with Gasteiger partial charge in [0.25, 0.3) is 0 Å². The van der Waals surface area contributed by atoms with Crippen LogP contribution in [0.25, 0.3) is 0 Å². The van der Waals surface area contributed by atoms with Crippen LogP contribution in [0.1, 0.15) is 17.5 Å². The summed E-state index contributed by atoms with van der Waals surface area (Å²) >= 11 is 6.12. The van der Waals surface area contributed by atoms with Crippen LogP contribution in [0.15, 0.2) is 48.5 Å². The second-order valence-corrected chi connectivity index (χ2v) is 7.45. The highest BCUT2D eigenvalue weighted by molar-refractivity contribution is 6.31. The summed E-state index contributed by atoms with van der Waals surface area (Å²) in [4.78, 5) is 48.9. The fourth-order valence-electron chi connectivity index (χ4n) is 3.19. The fraction of sp³-hybridized carbons (Fsp3) is 0.273. The molecule has 1 fully saturated rings. The van der Waals surface area contributed by atoms with E-state index in [1.165, 1.54) is 4.90 Å². The molecule has 1 unspecified atom stereocenters. The first-order valence-electron chi connectivity index (χ1n) is 9.61. The molecule has 0 aliphatic carbocycles. The van der Waals surface area contributed by atoms with Crippen molar-refractivity contribution in [3.8, 4) is 5.75 Å². The van der Waals surface area contributed by atoms with E-state index in [4.69, 9.17) is 21.4 Å². The van der Waals surface area contributed by atoms with Gasteiger partial charge in [-0.3, -0.25) is 19.2 Å². The summed E-state index contributed by atoms with van der Waals surface area (Å²) in [5, 5.41) is 11.4. The zero-order chi connectivity index (χ0) is 22.4. The smallest absolute Gasteiger partial charge is 0.322 e. The highest BCUT2D eigenvalue weighted by Crippen LogP contribution is 2.21. The molecule has 0 bridgehead atoms. The van der Waals surface area contributed by atoms with Crippen LogP contribution in [0.4, 0.5) is 0 Å². The number of hydrogen-bond donors (Lipinski definition) is 2. The molecule has 8 nitrogen and oxygen atoms in total. The van der Waals surface area contributed by atoms with Crippen molar-refractivity contribution in [3.05, 3.63) is 64.7 Å². The number of carboxylic acid groups (broad SMARTS) is 1. The summed E-state index contributed by atoms with van der Waals surface area (Å²) in [6.07, 6.45) is 0.0376. The number of carbonyl (C=O) groups excluding carboxylic acids is 3. The zero-order valence-electron chi connectivity index (χ0n) is 16.5. The van der Waals surface area contributed by atoms with Gasteiger partial charge < -0.3 is 20.1 Å². The van der Waals surface area contributed by atoms with Crippen LogP contribution in [0, 0.1) is 5.92 Å². The largest absolute Gasteiger partial charge is 0.489 e. The quantitative estimate of drug-likeness (QED) is 0.602. The molecule has 1 atom stereocenters. The van der Waals surface area contributed by atoms with Crippen LogP contribution >= 0.6 is 11.6 Å². The Balaban J connectivity index is 1.59. The van der Waals surface area contributed by atoms with Crippen molar-refractivity contribution in [1.82, 2.24) is 10.2 Å². The topological polar surface area (TPSA) is 113 Å². The number of nitrogens with zero attached hydrogens (tertiary/aromatic N) is 1. The molecule has 0 radical (unpaired) electrons. The van der Waals surface area contributed by atoms with Gasteiger partial charge in [0.2, 0.25) is 11.8 Å². The Morgan fingerprint density at radius 1 is 1.13 bits per heavy atom. The van der Waals surface area contributed by atoms with Crippen molar-refractivity contribution in [2.45, 2.75) is 19.6 Å². The first-order valence-corrected chi connectivity index (χ1v) is 9.99. The highest BCUT2D eigenvalue weighted by Gasteiger charge is 2.40. The van der Waals surface area contributed by atoms with Gasteiger partial charge in [-0.2, -0.15) is 0 Å². The number of ether oxygens (including phenoxy) is 1.